The van der Waals surface area contributed by atoms with E-state index >= 15 is 0 Å². The average molecular weight is 419 g/mol. The minimum Gasteiger partial charge on any atom is -0.367 e. The normalized spacial score (nSPS) is 13.3. The van der Waals surface area contributed by atoms with Crippen LogP contribution in [0.1, 0.15) is 52.5 Å². The first kappa shape index (κ1) is 20.4. The van der Waals surface area contributed by atoms with Gasteiger partial charge < -0.3 is 10.2 Å². The van der Waals surface area contributed by atoms with Gasteiger partial charge >= 0.3 is 0 Å². The van der Waals surface area contributed by atoms with Crippen molar-refractivity contribution in [3.8, 4) is 0 Å². The summed E-state index contributed by atoms with van der Waals surface area (Å²) >= 11 is 4.24. The maximum absolute atomic E-state index is 13.0. The molecule has 2 aromatic carbocycles. The predicted molar refractivity (Wildman–Crippen MR) is 124 cm³/mol. The molecule has 0 atom stereocenters. The van der Waals surface area contributed by atoms with Crippen LogP contribution >= 0.6 is 12.6 Å². The number of aromatic nitrogens is 2. The Morgan fingerprint density at radius 1 is 1.20 bits per heavy atom. The Morgan fingerprint density at radius 2 is 2.03 bits per heavy atom. The highest BCUT2D eigenvalue weighted by Gasteiger charge is 2.20. The maximum Gasteiger partial charge on any atom is 0.255 e. The summed E-state index contributed by atoms with van der Waals surface area (Å²) < 4.78 is 0. The van der Waals surface area contributed by atoms with Crippen LogP contribution in [0.25, 0.3) is 0 Å². The van der Waals surface area contributed by atoms with Gasteiger partial charge in [0.25, 0.3) is 5.91 Å². The lowest BCUT2D eigenvalue weighted by Gasteiger charge is -2.30. The number of fused-ring (bicyclic) bond motifs is 1. The molecule has 3 aromatic rings. The fourth-order valence-electron chi connectivity index (χ4n) is 3.78. The summed E-state index contributed by atoms with van der Waals surface area (Å²) in [6.07, 6.45) is 2.69. The second-order valence-corrected chi connectivity index (χ2v) is 8.51. The molecule has 1 amide bonds. The Balaban J connectivity index is 1.55. The predicted octanol–water partition coefficient (Wildman–Crippen LogP) is 5.01. The Kier molecular flexibility index (Phi) is 5.77. The van der Waals surface area contributed by atoms with Crippen LogP contribution in [-0.2, 0) is 13.0 Å². The lowest BCUT2D eigenvalue weighted by Crippen LogP contribution is -2.31. The molecular weight excluding hydrogens is 392 g/mol. The molecule has 0 unspecified atom stereocenters. The topological polar surface area (TPSA) is 58.1 Å². The van der Waals surface area contributed by atoms with Crippen LogP contribution in [0.5, 0.6) is 0 Å². The largest absolute Gasteiger partial charge is 0.367 e. The minimum absolute atomic E-state index is 0.0960. The molecule has 1 aliphatic rings. The van der Waals surface area contributed by atoms with Crippen LogP contribution in [0.15, 0.2) is 53.8 Å². The first-order valence-electron chi connectivity index (χ1n) is 10.2. The van der Waals surface area contributed by atoms with E-state index in [4.69, 9.17) is 0 Å². The number of hydrogen-bond acceptors (Lipinski definition) is 5. The maximum atomic E-state index is 13.0. The number of rotatable bonds is 4. The van der Waals surface area contributed by atoms with E-state index < -0.39 is 0 Å². The third kappa shape index (κ3) is 4.49. The first-order chi connectivity index (χ1) is 14.4. The summed E-state index contributed by atoms with van der Waals surface area (Å²) in [6, 6.07) is 14.0. The van der Waals surface area contributed by atoms with Crippen molar-refractivity contribution in [2.45, 2.75) is 44.8 Å². The van der Waals surface area contributed by atoms with Crippen LogP contribution < -0.4 is 10.2 Å². The minimum atomic E-state index is -0.0960. The van der Waals surface area contributed by atoms with Gasteiger partial charge in [0.2, 0.25) is 0 Å². The van der Waals surface area contributed by atoms with Crippen molar-refractivity contribution in [1.29, 1.82) is 0 Å². The van der Waals surface area contributed by atoms with Crippen molar-refractivity contribution >= 4 is 29.9 Å². The van der Waals surface area contributed by atoms with Gasteiger partial charge in [-0.25, -0.2) is 9.97 Å². The quantitative estimate of drug-likeness (QED) is 0.462. The first-order valence-corrected chi connectivity index (χ1v) is 10.7. The number of thiol groups is 1. The van der Waals surface area contributed by atoms with E-state index in [2.05, 4.69) is 58.8 Å². The highest BCUT2D eigenvalue weighted by molar-refractivity contribution is 7.80. The SMILES string of the molecule is Cc1cc(C(=O)Nc2cccc(C(C)C)c2)cc(N2CCc3nc(S)ncc3C2)c1. The second-order valence-electron chi connectivity index (χ2n) is 8.11. The van der Waals surface area contributed by atoms with Crippen molar-refractivity contribution in [2.24, 2.45) is 0 Å². The van der Waals surface area contributed by atoms with E-state index in [0.29, 0.717) is 16.6 Å². The summed E-state index contributed by atoms with van der Waals surface area (Å²) in [5, 5.41) is 3.56. The van der Waals surface area contributed by atoms with Gasteiger partial charge in [-0.05, 0) is 54.3 Å². The second kappa shape index (κ2) is 8.48. The third-order valence-electron chi connectivity index (χ3n) is 5.42. The molecule has 4 rings (SSSR count). The average Bonchev–Trinajstić information content (AvgIpc) is 2.73. The molecule has 5 nitrogen and oxygen atoms in total. The zero-order valence-electron chi connectivity index (χ0n) is 17.5. The Hall–Kier alpha value is -2.86. The highest BCUT2D eigenvalue weighted by Crippen LogP contribution is 2.26. The summed E-state index contributed by atoms with van der Waals surface area (Å²) in [4.78, 5) is 23.9. The fourth-order valence-corrected chi connectivity index (χ4v) is 3.96. The summed E-state index contributed by atoms with van der Waals surface area (Å²) in [5.74, 6) is 0.318. The molecule has 0 aliphatic carbocycles. The molecule has 1 aliphatic heterocycles. The molecule has 1 aromatic heterocycles. The molecule has 0 saturated carbocycles. The molecule has 2 heterocycles. The lowest BCUT2D eigenvalue weighted by atomic mass is 10.0. The zero-order valence-corrected chi connectivity index (χ0v) is 18.4. The van der Waals surface area contributed by atoms with Crippen molar-refractivity contribution in [3.05, 3.63) is 76.6 Å². The number of carbonyl (C=O) groups excluding carboxylic acids is 1. The summed E-state index contributed by atoms with van der Waals surface area (Å²) in [7, 11) is 0. The van der Waals surface area contributed by atoms with Crippen LogP contribution in [0.3, 0.4) is 0 Å². The summed E-state index contributed by atoms with van der Waals surface area (Å²) in [6.45, 7) is 7.88. The lowest BCUT2D eigenvalue weighted by molar-refractivity contribution is 0.102. The van der Waals surface area contributed by atoms with Gasteiger partial charge in [-0.3, -0.25) is 4.79 Å². The van der Waals surface area contributed by atoms with E-state index in [-0.39, 0.29) is 5.91 Å². The number of hydrogen-bond donors (Lipinski definition) is 2. The Bertz CT molecular complexity index is 1100. The number of amides is 1. The van der Waals surface area contributed by atoms with Crippen molar-refractivity contribution < 1.29 is 4.79 Å². The smallest absolute Gasteiger partial charge is 0.255 e. The van der Waals surface area contributed by atoms with Gasteiger partial charge in [0.05, 0.1) is 5.69 Å². The van der Waals surface area contributed by atoms with Gasteiger partial charge in [0.15, 0.2) is 5.16 Å². The molecule has 0 fully saturated rings. The van der Waals surface area contributed by atoms with Gasteiger partial charge in [-0.15, -0.1) is 12.6 Å². The summed E-state index contributed by atoms with van der Waals surface area (Å²) in [5.41, 5.74) is 6.95. The fraction of sp³-hybridized carbons (Fsp3) is 0.292. The Morgan fingerprint density at radius 3 is 2.83 bits per heavy atom. The van der Waals surface area contributed by atoms with Crippen LogP contribution in [0, 0.1) is 6.92 Å². The highest BCUT2D eigenvalue weighted by atomic mass is 32.1. The molecule has 1 N–H and O–H groups in total. The van der Waals surface area contributed by atoms with E-state index in [1.165, 1.54) is 5.56 Å². The number of aryl methyl sites for hydroxylation is 1. The molecule has 30 heavy (non-hydrogen) atoms. The number of anilines is 2. The van der Waals surface area contributed by atoms with Crippen molar-refractivity contribution in [3.63, 3.8) is 0 Å². The van der Waals surface area contributed by atoms with E-state index in [1.54, 1.807) is 0 Å². The molecular formula is C24H26N4OS. The molecule has 0 radical (unpaired) electrons. The number of benzene rings is 2. The standard InChI is InChI=1S/C24H26N4OS/c1-15(2)17-5-4-6-20(11-17)26-23(29)18-9-16(3)10-21(12-18)28-8-7-22-19(14-28)13-25-24(30)27-22/h4-6,9-13,15H,7-8,14H2,1-3H3,(H,26,29)(H,25,27,30). The van der Waals surface area contributed by atoms with E-state index in [1.807, 2.05) is 43.5 Å². The van der Waals surface area contributed by atoms with Crippen molar-refractivity contribution in [2.75, 3.05) is 16.8 Å². The van der Waals surface area contributed by atoms with E-state index in [0.717, 1.165) is 47.7 Å². The molecule has 154 valence electrons. The monoisotopic (exact) mass is 418 g/mol. The van der Waals surface area contributed by atoms with E-state index in [9.17, 15) is 4.79 Å². The van der Waals surface area contributed by atoms with Gasteiger partial charge in [0, 0.05) is 48.2 Å². The number of nitrogens with zero attached hydrogens (tertiary/aromatic N) is 3. The molecule has 0 bridgehead atoms. The molecule has 0 spiro atoms. The molecule has 0 saturated heterocycles. The number of nitrogens with one attached hydrogen (secondary N) is 1. The Labute approximate surface area is 183 Å². The molecule has 6 heteroatoms. The van der Waals surface area contributed by atoms with Crippen LogP contribution in [-0.4, -0.2) is 22.4 Å². The van der Waals surface area contributed by atoms with Crippen LogP contribution in [0.2, 0.25) is 0 Å². The van der Waals surface area contributed by atoms with Crippen molar-refractivity contribution in [1.82, 2.24) is 9.97 Å². The van der Waals surface area contributed by atoms with Crippen LogP contribution in [0.4, 0.5) is 11.4 Å². The third-order valence-corrected chi connectivity index (χ3v) is 5.64. The number of carbonyl (C=O) groups is 1. The van der Waals surface area contributed by atoms with Gasteiger partial charge in [-0.1, -0.05) is 26.0 Å². The zero-order chi connectivity index (χ0) is 21.3. The van der Waals surface area contributed by atoms with Gasteiger partial charge in [0.1, 0.15) is 0 Å². The van der Waals surface area contributed by atoms with Gasteiger partial charge in [-0.2, -0.15) is 0 Å².